The van der Waals surface area contributed by atoms with Crippen LogP contribution in [-0.4, -0.2) is 42.9 Å². The van der Waals surface area contributed by atoms with Gasteiger partial charge in [-0.2, -0.15) is 0 Å². The molecule has 0 radical (unpaired) electrons. The number of nitrogens with one attached hydrogen (secondary N) is 1. The first-order valence-corrected chi connectivity index (χ1v) is 4.97. The van der Waals surface area contributed by atoms with E-state index in [0.29, 0.717) is 19.0 Å². The summed E-state index contributed by atoms with van der Waals surface area (Å²) in [6.45, 7) is 8.08. The number of guanidine groups is 1. The maximum Gasteiger partial charge on any atom is 0.244 e. The number of carbonyl (C=O) groups is 1. The van der Waals surface area contributed by atoms with Crippen LogP contribution >= 0.6 is 0 Å². The van der Waals surface area contributed by atoms with Crippen molar-refractivity contribution in [3.8, 4) is 0 Å². The SMILES string of the molecule is CCNC(N)=NCC(=O)N(CC)CC. The van der Waals surface area contributed by atoms with E-state index in [1.165, 1.54) is 0 Å². The number of hydrogen-bond acceptors (Lipinski definition) is 2. The molecule has 0 atom stereocenters. The Kier molecular flexibility index (Phi) is 6.53. The second kappa shape index (κ2) is 7.17. The zero-order valence-electron chi connectivity index (χ0n) is 9.21. The van der Waals surface area contributed by atoms with Crippen LogP contribution in [0, 0.1) is 0 Å². The van der Waals surface area contributed by atoms with Crippen molar-refractivity contribution in [3.05, 3.63) is 0 Å². The topological polar surface area (TPSA) is 70.7 Å². The molecule has 5 heteroatoms. The molecule has 3 N–H and O–H groups in total. The molecular formula is C9H20N4O. The molecule has 0 aromatic rings. The van der Waals surface area contributed by atoms with Gasteiger partial charge in [0, 0.05) is 19.6 Å². The summed E-state index contributed by atoms with van der Waals surface area (Å²) < 4.78 is 0. The molecule has 0 aliphatic rings. The van der Waals surface area contributed by atoms with Crippen LogP contribution in [0.3, 0.4) is 0 Å². The normalized spacial score (nSPS) is 11.2. The van der Waals surface area contributed by atoms with Crippen LogP contribution in [0.1, 0.15) is 20.8 Å². The summed E-state index contributed by atoms with van der Waals surface area (Å²) in [4.78, 5) is 17.1. The van der Waals surface area contributed by atoms with Gasteiger partial charge in [0.25, 0.3) is 0 Å². The van der Waals surface area contributed by atoms with Crippen molar-refractivity contribution in [2.75, 3.05) is 26.2 Å². The predicted molar refractivity (Wildman–Crippen MR) is 58.1 cm³/mol. The van der Waals surface area contributed by atoms with Crippen molar-refractivity contribution in [1.82, 2.24) is 10.2 Å². The first-order valence-electron chi connectivity index (χ1n) is 4.97. The fraction of sp³-hybridized carbons (Fsp3) is 0.778. The number of rotatable bonds is 5. The minimum absolute atomic E-state index is 0.0100. The summed E-state index contributed by atoms with van der Waals surface area (Å²) >= 11 is 0. The summed E-state index contributed by atoms with van der Waals surface area (Å²) in [6.07, 6.45) is 0. The van der Waals surface area contributed by atoms with Crippen LogP contribution in [0.5, 0.6) is 0 Å². The van der Waals surface area contributed by atoms with Crippen LogP contribution in [0.25, 0.3) is 0 Å². The molecule has 0 aromatic carbocycles. The van der Waals surface area contributed by atoms with Crippen molar-refractivity contribution >= 4 is 11.9 Å². The van der Waals surface area contributed by atoms with Gasteiger partial charge < -0.3 is 16.0 Å². The van der Waals surface area contributed by atoms with E-state index in [0.717, 1.165) is 6.54 Å². The van der Waals surface area contributed by atoms with E-state index < -0.39 is 0 Å². The molecule has 0 rings (SSSR count). The Balaban J connectivity index is 3.99. The molecule has 0 saturated heterocycles. The van der Waals surface area contributed by atoms with Crippen molar-refractivity contribution in [3.63, 3.8) is 0 Å². The van der Waals surface area contributed by atoms with E-state index in [4.69, 9.17) is 5.73 Å². The minimum atomic E-state index is 0.0100. The van der Waals surface area contributed by atoms with Gasteiger partial charge in [-0.05, 0) is 20.8 Å². The molecule has 14 heavy (non-hydrogen) atoms. The maximum atomic E-state index is 11.4. The second-order valence-electron chi connectivity index (χ2n) is 2.80. The summed E-state index contributed by atoms with van der Waals surface area (Å²) in [5, 5.41) is 2.83. The van der Waals surface area contributed by atoms with Crippen LogP contribution in [0.2, 0.25) is 0 Å². The number of amides is 1. The minimum Gasteiger partial charge on any atom is -0.370 e. The molecule has 0 aliphatic carbocycles. The zero-order chi connectivity index (χ0) is 11.0. The van der Waals surface area contributed by atoms with Crippen molar-refractivity contribution in [2.45, 2.75) is 20.8 Å². The molecule has 0 saturated carbocycles. The molecule has 1 amide bonds. The maximum absolute atomic E-state index is 11.4. The third kappa shape index (κ3) is 4.69. The highest BCUT2D eigenvalue weighted by Crippen LogP contribution is 1.89. The first-order chi connectivity index (χ1) is 6.65. The first kappa shape index (κ1) is 12.7. The van der Waals surface area contributed by atoms with Gasteiger partial charge in [-0.25, -0.2) is 4.99 Å². The lowest BCUT2D eigenvalue weighted by atomic mass is 10.4. The van der Waals surface area contributed by atoms with Crippen LogP contribution < -0.4 is 11.1 Å². The zero-order valence-corrected chi connectivity index (χ0v) is 9.21. The number of likely N-dealkylation sites (N-methyl/N-ethyl adjacent to an activating group) is 1. The molecule has 0 bridgehead atoms. The Hall–Kier alpha value is -1.26. The van der Waals surface area contributed by atoms with Gasteiger partial charge in [-0.3, -0.25) is 4.79 Å². The van der Waals surface area contributed by atoms with Gasteiger partial charge in [-0.15, -0.1) is 0 Å². The molecular weight excluding hydrogens is 180 g/mol. The van der Waals surface area contributed by atoms with Crippen molar-refractivity contribution in [1.29, 1.82) is 0 Å². The van der Waals surface area contributed by atoms with Crippen molar-refractivity contribution in [2.24, 2.45) is 10.7 Å². The Bertz CT molecular complexity index is 199. The highest BCUT2D eigenvalue weighted by Gasteiger charge is 2.07. The van der Waals surface area contributed by atoms with Gasteiger partial charge in [0.2, 0.25) is 5.91 Å². The average molecular weight is 200 g/mol. The Labute approximate surface area is 85.4 Å². The molecule has 0 fully saturated rings. The summed E-state index contributed by atoms with van der Waals surface area (Å²) in [6, 6.07) is 0. The molecule has 0 aliphatic heterocycles. The lowest BCUT2D eigenvalue weighted by molar-refractivity contribution is -0.129. The molecule has 0 heterocycles. The smallest absolute Gasteiger partial charge is 0.244 e. The predicted octanol–water partition coefficient (Wildman–Crippen LogP) is -0.221. The largest absolute Gasteiger partial charge is 0.370 e. The van der Waals surface area contributed by atoms with Crippen LogP contribution in [0.15, 0.2) is 4.99 Å². The van der Waals surface area contributed by atoms with Crippen LogP contribution in [0.4, 0.5) is 0 Å². The van der Waals surface area contributed by atoms with Crippen LogP contribution in [-0.2, 0) is 4.79 Å². The summed E-state index contributed by atoms with van der Waals surface area (Å²) in [5.41, 5.74) is 5.48. The molecule has 0 unspecified atom stereocenters. The number of nitrogens with two attached hydrogens (primary N) is 1. The average Bonchev–Trinajstić information content (AvgIpc) is 2.17. The third-order valence-corrected chi connectivity index (χ3v) is 1.86. The monoisotopic (exact) mass is 200 g/mol. The second-order valence-corrected chi connectivity index (χ2v) is 2.80. The van der Waals surface area contributed by atoms with E-state index in [9.17, 15) is 4.79 Å². The van der Waals surface area contributed by atoms with Gasteiger partial charge in [-0.1, -0.05) is 0 Å². The number of nitrogens with zero attached hydrogens (tertiary/aromatic N) is 2. The van der Waals surface area contributed by atoms with E-state index >= 15 is 0 Å². The van der Waals surface area contributed by atoms with Gasteiger partial charge in [0.05, 0.1) is 0 Å². The highest BCUT2D eigenvalue weighted by atomic mass is 16.2. The quantitative estimate of drug-likeness (QED) is 0.476. The highest BCUT2D eigenvalue weighted by molar-refractivity contribution is 5.83. The van der Waals surface area contributed by atoms with E-state index in [2.05, 4.69) is 10.3 Å². The van der Waals surface area contributed by atoms with Crippen molar-refractivity contribution < 1.29 is 4.79 Å². The Morgan fingerprint density at radius 1 is 1.36 bits per heavy atom. The molecule has 82 valence electrons. The van der Waals surface area contributed by atoms with Gasteiger partial charge >= 0.3 is 0 Å². The number of carbonyl (C=O) groups excluding carboxylic acids is 1. The summed E-state index contributed by atoms with van der Waals surface area (Å²) in [5.74, 6) is 0.337. The molecule has 0 spiro atoms. The lowest BCUT2D eigenvalue weighted by Gasteiger charge is -2.17. The third-order valence-electron chi connectivity index (χ3n) is 1.86. The molecule has 0 aromatic heterocycles. The number of aliphatic imine (C=N–C) groups is 1. The lowest BCUT2D eigenvalue weighted by Crippen LogP contribution is -2.35. The Morgan fingerprint density at radius 3 is 2.36 bits per heavy atom. The van der Waals surface area contributed by atoms with E-state index in [1.54, 1.807) is 4.90 Å². The van der Waals surface area contributed by atoms with E-state index in [1.807, 2.05) is 20.8 Å². The van der Waals surface area contributed by atoms with Gasteiger partial charge in [0.1, 0.15) is 6.54 Å². The Morgan fingerprint density at radius 2 is 1.93 bits per heavy atom. The molecule has 5 nitrogen and oxygen atoms in total. The number of hydrogen-bond donors (Lipinski definition) is 2. The fourth-order valence-corrected chi connectivity index (χ4v) is 1.07. The van der Waals surface area contributed by atoms with Gasteiger partial charge in [0.15, 0.2) is 5.96 Å². The standard InChI is InChI=1S/C9H20N4O/c1-4-11-9(10)12-7-8(14)13(5-2)6-3/h4-7H2,1-3H3,(H3,10,11,12). The van der Waals surface area contributed by atoms with E-state index in [-0.39, 0.29) is 12.5 Å². The summed E-state index contributed by atoms with van der Waals surface area (Å²) in [7, 11) is 0. The fourth-order valence-electron chi connectivity index (χ4n) is 1.07.